The van der Waals surface area contributed by atoms with Crippen LogP contribution in [0.2, 0.25) is 5.02 Å². The molecule has 172 valence electrons. The Labute approximate surface area is 195 Å². The van der Waals surface area contributed by atoms with Crippen LogP contribution in [0.5, 0.6) is 0 Å². The zero-order valence-electron chi connectivity index (χ0n) is 18.5. The molecule has 0 atom stereocenters. The zero-order valence-corrected chi connectivity index (χ0v) is 19.3. The summed E-state index contributed by atoms with van der Waals surface area (Å²) in [5, 5.41) is 15.7. The minimum absolute atomic E-state index is 0.335. The Morgan fingerprint density at radius 2 is 2.00 bits per heavy atom. The third-order valence-corrected chi connectivity index (χ3v) is 6.00. The number of aryl methyl sites for hydroxylation is 2. The molecule has 0 spiro atoms. The van der Waals surface area contributed by atoms with Crippen LogP contribution in [0, 0.1) is 12.7 Å². The summed E-state index contributed by atoms with van der Waals surface area (Å²) in [5.41, 5.74) is 3.98. The predicted molar refractivity (Wildman–Crippen MR) is 126 cm³/mol. The van der Waals surface area contributed by atoms with Crippen molar-refractivity contribution in [2.75, 3.05) is 36.5 Å². The molecule has 0 saturated carbocycles. The fourth-order valence-corrected chi connectivity index (χ4v) is 4.26. The van der Waals surface area contributed by atoms with Gasteiger partial charge in [0.2, 0.25) is 0 Å². The molecule has 1 fully saturated rings. The van der Waals surface area contributed by atoms with Gasteiger partial charge in [0.15, 0.2) is 11.5 Å². The van der Waals surface area contributed by atoms with Crippen LogP contribution in [-0.4, -0.2) is 51.1 Å². The molecule has 5 rings (SSSR count). The fourth-order valence-electron chi connectivity index (χ4n) is 4.11. The molecule has 2 N–H and O–H groups in total. The lowest BCUT2D eigenvalue weighted by Gasteiger charge is -2.29. The minimum atomic E-state index is -0.335. The largest absolute Gasteiger partial charge is 0.378 e. The molecule has 0 aliphatic carbocycles. The number of anilines is 3. The second kappa shape index (κ2) is 8.99. The first-order valence-electron chi connectivity index (χ1n) is 11.0. The summed E-state index contributed by atoms with van der Waals surface area (Å²) >= 11 is 5.96. The number of nitrogens with one attached hydrogen (secondary N) is 2. The van der Waals surface area contributed by atoms with Crippen LogP contribution in [-0.2, 0) is 17.6 Å². The molecule has 1 saturated heterocycles. The molecule has 4 aromatic rings. The molecular weight excluding hydrogens is 445 g/mol. The highest BCUT2D eigenvalue weighted by atomic mass is 35.5. The van der Waals surface area contributed by atoms with E-state index in [0.29, 0.717) is 53.9 Å². The molecule has 0 radical (unpaired) electrons. The van der Waals surface area contributed by atoms with E-state index in [9.17, 15) is 4.39 Å². The molecule has 10 heteroatoms. The number of hydrogen-bond donors (Lipinski definition) is 2. The summed E-state index contributed by atoms with van der Waals surface area (Å²) in [5.74, 6) is 1.91. The van der Waals surface area contributed by atoms with Crippen molar-refractivity contribution in [2.24, 2.45) is 0 Å². The van der Waals surface area contributed by atoms with Gasteiger partial charge in [-0.15, -0.1) is 0 Å². The Bertz CT molecular complexity index is 1300. The minimum Gasteiger partial charge on any atom is -0.378 e. The van der Waals surface area contributed by atoms with E-state index in [0.717, 1.165) is 35.9 Å². The summed E-state index contributed by atoms with van der Waals surface area (Å²) < 4.78 is 22.1. The van der Waals surface area contributed by atoms with E-state index >= 15 is 0 Å². The molecule has 0 amide bonds. The maximum Gasteiger partial charge on any atom is 0.163 e. The van der Waals surface area contributed by atoms with Crippen molar-refractivity contribution in [1.82, 2.24) is 24.8 Å². The van der Waals surface area contributed by atoms with E-state index in [2.05, 4.69) is 20.4 Å². The summed E-state index contributed by atoms with van der Waals surface area (Å²) in [6.07, 6.45) is 1.08. The predicted octanol–water partition coefficient (Wildman–Crippen LogP) is 4.29. The second-order valence-corrected chi connectivity index (χ2v) is 8.52. The van der Waals surface area contributed by atoms with Gasteiger partial charge in [-0.1, -0.05) is 24.6 Å². The third kappa shape index (κ3) is 4.38. The SMILES string of the molecule is CCc1nn2c(N3CCOCC3)cc(Nc3cc(C)[nH]n3)nc2c1Cc1ccc(Cl)cc1F. The molecule has 33 heavy (non-hydrogen) atoms. The number of nitrogens with zero attached hydrogens (tertiary/aromatic N) is 5. The number of fused-ring (bicyclic) bond motifs is 1. The van der Waals surface area contributed by atoms with Crippen LogP contribution in [0.4, 0.5) is 21.8 Å². The van der Waals surface area contributed by atoms with Gasteiger partial charge in [0.25, 0.3) is 0 Å². The van der Waals surface area contributed by atoms with Gasteiger partial charge in [-0.05, 0) is 31.0 Å². The summed E-state index contributed by atoms with van der Waals surface area (Å²) in [7, 11) is 0. The summed E-state index contributed by atoms with van der Waals surface area (Å²) in [6.45, 7) is 6.79. The Balaban J connectivity index is 1.64. The van der Waals surface area contributed by atoms with E-state index in [4.69, 9.17) is 26.4 Å². The average Bonchev–Trinajstić information content (AvgIpc) is 3.38. The Hall–Kier alpha value is -3.17. The van der Waals surface area contributed by atoms with Crippen molar-refractivity contribution >= 4 is 34.7 Å². The van der Waals surface area contributed by atoms with Crippen molar-refractivity contribution in [3.63, 3.8) is 0 Å². The maximum absolute atomic E-state index is 14.6. The van der Waals surface area contributed by atoms with Gasteiger partial charge in [0.05, 0.1) is 18.9 Å². The fraction of sp³-hybridized carbons (Fsp3) is 0.348. The average molecular weight is 470 g/mol. The number of benzene rings is 1. The molecule has 0 unspecified atom stereocenters. The smallest absolute Gasteiger partial charge is 0.163 e. The van der Waals surface area contributed by atoms with Gasteiger partial charge >= 0.3 is 0 Å². The molecule has 1 aliphatic rings. The van der Waals surface area contributed by atoms with Gasteiger partial charge in [-0.3, -0.25) is 5.10 Å². The molecule has 3 aromatic heterocycles. The first-order valence-corrected chi connectivity index (χ1v) is 11.4. The molecule has 0 bridgehead atoms. The van der Waals surface area contributed by atoms with Crippen LogP contribution in [0.3, 0.4) is 0 Å². The topological polar surface area (TPSA) is 83.4 Å². The van der Waals surface area contributed by atoms with Crippen LogP contribution in [0.1, 0.15) is 29.4 Å². The van der Waals surface area contributed by atoms with Crippen LogP contribution >= 0.6 is 11.6 Å². The van der Waals surface area contributed by atoms with Crippen LogP contribution < -0.4 is 10.2 Å². The number of rotatable bonds is 6. The van der Waals surface area contributed by atoms with E-state index in [-0.39, 0.29) is 5.82 Å². The molecule has 1 aliphatic heterocycles. The highest BCUT2D eigenvalue weighted by Gasteiger charge is 2.22. The highest BCUT2D eigenvalue weighted by molar-refractivity contribution is 6.30. The monoisotopic (exact) mass is 469 g/mol. The lowest BCUT2D eigenvalue weighted by Crippen LogP contribution is -2.37. The van der Waals surface area contributed by atoms with Crippen LogP contribution in [0.25, 0.3) is 5.65 Å². The number of halogens is 2. The molecule has 4 heterocycles. The number of hydrogen-bond acceptors (Lipinski definition) is 6. The third-order valence-electron chi connectivity index (χ3n) is 5.76. The van der Waals surface area contributed by atoms with Crippen LogP contribution in [0.15, 0.2) is 30.3 Å². The quantitative estimate of drug-likeness (QED) is 0.438. The van der Waals surface area contributed by atoms with Gasteiger partial charge < -0.3 is 15.0 Å². The van der Waals surface area contributed by atoms with Crippen molar-refractivity contribution < 1.29 is 9.13 Å². The lowest BCUT2D eigenvalue weighted by molar-refractivity contribution is 0.122. The van der Waals surface area contributed by atoms with Crippen molar-refractivity contribution in [3.05, 3.63) is 63.7 Å². The van der Waals surface area contributed by atoms with E-state index in [1.807, 2.05) is 30.5 Å². The maximum atomic E-state index is 14.6. The second-order valence-electron chi connectivity index (χ2n) is 8.09. The summed E-state index contributed by atoms with van der Waals surface area (Å²) in [4.78, 5) is 7.11. The number of aromatic amines is 1. The zero-order chi connectivity index (χ0) is 22.9. The van der Waals surface area contributed by atoms with Gasteiger partial charge in [0.1, 0.15) is 17.5 Å². The molecule has 8 nitrogen and oxygen atoms in total. The van der Waals surface area contributed by atoms with Crippen molar-refractivity contribution in [3.8, 4) is 0 Å². The molecular formula is C23H25ClFN7O. The molecule has 1 aromatic carbocycles. The number of H-pyrrole nitrogens is 1. The Morgan fingerprint density at radius 1 is 1.18 bits per heavy atom. The Kier molecular flexibility index (Phi) is 5.90. The first-order chi connectivity index (χ1) is 16.0. The Morgan fingerprint density at radius 3 is 2.70 bits per heavy atom. The number of morpholine rings is 1. The number of ether oxygens (including phenoxy) is 1. The van der Waals surface area contributed by atoms with E-state index in [1.165, 1.54) is 6.07 Å². The van der Waals surface area contributed by atoms with E-state index in [1.54, 1.807) is 12.1 Å². The van der Waals surface area contributed by atoms with Gasteiger partial charge in [-0.25, -0.2) is 9.37 Å². The number of aromatic nitrogens is 5. The van der Waals surface area contributed by atoms with E-state index < -0.39 is 0 Å². The lowest BCUT2D eigenvalue weighted by atomic mass is 10.0. The van der Waals surface area contributed by atoms with Crippen molar-refractivity contribution in [2.45, 2.75) is 26.7 Å². The normalized spacial score (nSPS) is 14.2. The standard InChI is InChI=1S/C23H25ClFN7O/c1-3-19-17(11-15-4-5-16(24)12-18(15)25)23-27-20(26-21-10-14(2)28-29-21)13-22(32(23)30-19)31-6-8-33-9-7-31/h4-5,10,12-13H,3,6-9,11H2,1-2H3,(H2,26,27,28,29). The highest BCUT2D eigenvalue weighted by Crippen LogP contribution is 2.29. The first kappa shape index (κ1) is 21.7. The summed E-state index contributed by atoms with van der Waals surface area (Å²) in [6, 6.07) is 8.65. The van der Waals surface area contributed by atoms with Gasteiger partial charge in [0, 0.05) is 47.9 Å². The van der Waals surface area contributed by atoms with Crippen molar-refractivity contribution in [1.29, 1.82) is 0 Å². The van der Waals surface area contributed by atoms with Gasteiger partial charge in [-0.2, -0.15) is 14.7 Å².